The van der Waals surface area contributed by atoms with Gasteiger partial charge in [-0.25, -0.2) is 0 Å². The van der Waals surface area contributed by atoms with E-state index in [1.54, 1.807) is 0 Å². The lowest BCUT2D eigenvalue weighted by molar-refractivity contribution is -0.117. The SMILES string of the molecule is CCOc1ccc(NC(=O)CN2CCCC2CNC)cc1. The number of nitrogens with zero attached hydrogens (tertiary/aromatic N) is 1. The summed E-state index contributed by atoms with van der Waals surface area (Å²) in [5, 5.41) is 6.14. The average Bonchev–Trinajstić information content (AvgIpc) is 2.89. The quantitative estimate of drug-likeness (QED) is 0.803. The molecule has 2 rings (SSSR count). The molecule has 1 aliphatic rings. The van der Waals surface area contributed by atoms with Crippen LogP contribution in [0, 0.1) is 0 Å². The molecule has 1 fully saturated rings. The van der Waals surface area contributed by atoms with E-state index in [9.17, 15) is 4.79 Å². The van der Waals surface area contributed by atoms with Crippen LogP contribution in [0.25, 0.3) is 0 Å². The van der Waals surface area contributed by atoms with E-state index >= 15 is 0 Å². The summed E-state index contributed by atoms with van der Waals surface area (Å²) in [6, 6.07) is 7.97. The largest absolute Gasteiger partial charge is 0.494 e. The lowest BCUT2D eigenvalue weighted by Gasteiger charge is -2.23. The van der Waals surface area contributed by atoms with Crippen molar-refractivity contribution in [1.29, 1.82) is 0 Å². The van der Waals surface area contributed by atoms with E-state index in [2.05, 4.69) is 15.5 Å². The van der Waals surface area contributed by atoms with Gasteiger partial charge in [0.05, 0.1) is 13.2 Å². The van der Waals surface area contributed by atoms with Crippen LogP contribution in [-0.2, 0) is 4.79 Å². The van der Waals surface area contributed by atoms with Gasteiger partial charge in [0.2, 0.25) is 5.91 Å². The number of likely N-dealkylation sites (N-methyl/N-ethyl adjacent to an activating group) is 1. The Labute approximate surface area is 126 Å². The first-order chi connectivity index (χ1) is 10.2. The molecule has 0 bridgehead atoms. The van der Waals surface area contributed by atoms with Crippen LogP contribution in [0.2, 0.25) is 0 Å². The zero-order chi connectivity index (χ0) is 15.1. The monoisotopic (exact) mass is 291 g/mol. The topological polar surface area (TPSA) is 53.6 Å². The van der Waals surface area contributed by atoms with E-state index in [1.165, 1.54) is 6.42 Å². The summed E-state index contributed by atoms with van der Waals surface area (Å²) in [6.45, 7) is 5.00. The molecule has 1 saturated heterocycles. The molecule has 1 aromatic rings. The fraction of sp³-hybridized carbons (Fsp3) is 0.562. The van der Waals surface area contributed by atoms with Crippen LogP contribution in [0.3, 0.4) is 0 Å². The lowest BCUT2D eigenvalue weighted by atomic mass is 10.2. The van der Waals surface area contributed by atoms with Gasteiger partial charge in [-0.15, -0.1) is 0 Å². The molecule has 116 valence electrons. The minimum Gasteiger partial charge on any atom is -0.494 e. The molecular weight excluding hydrogens is 266 g/mol. The van der Waals surface area contributed by atoms with Gasteiger partial charge in [-0.1, -0.05) is 0 Å². The summed E-state index contributed by atoms with van der Waals surface area (Å²) in [6.07, 6.45) is 2.33. The van der Waals surface area contributed by atoms with Crippen LogP contribution in [-0.4, -0.2) is 50.1 Å². The second-order valence-electron chi connectivity index (χ2n) is 5.33. The van der Waals surface area contributed by atoms with Gasteiger partial charge in [-0.3, -0.25) is 9.69 Å². The van der Waals surface area contributed by atoms with E-state index in [0.717, 1.165) is 30.9 Å². The summed E-state index contributed by atoms with van der Waals surface area (Å²) >= 11 is 0. The Morgan fingerprint density at radius 3 is 2.81 bits per heavy atom. The number of benzene rings is 1. The first kappa shape index (κ1) is 15.8. The summed E-state index contributed by atoms with van der Waals surface area (Å²) in [4.78, 5) is 14.4. The number of nitrogens with one attached hydrogen (secondary N) is 2. The maximum absolute atomic E-state index is 12.1. The highest BCUT2D eigenvalue weighted by Gasteiger charge is 2.25. The molecule has 1 unspecified atom stereocenters. The lowest BCUT2D eigenvalue weighted by Crippen LogP contribution is -2.41. The molecular formula is C16H25N3O2. The number of carbonyl (C=O) groups is 1. The molecule has 5 nitrogen and oxygen atoms in total. The van der Waals surface area contributed by atoms with E-state index in [-0.39, 0.29) is 5.91 Å². The van der Waals surface area contributed by atoms with E-state index in [4.69, 9.17) is 4.74 Å². The minimum atomic E-state index is 0.0437. The van der Waals surface area contributed by atoms with Gasteiger partial charge in [-0.2, -0.15) is 0 Å². The molecule has 0 radical (unpaired) electrons. The van der Waals surface area contributed by atoms with Gasteiger partial charge >= 0.3 is 0 Å². The number of ether oxygens (including phenoxy) is 1. The van der Waals surface area contributed by atoms with Crippen molar-refractivity contribution in [2.45, 2.75) is 25.8 Å². The van der Waals surface area contributed by atoms with Crippen molar-refractivity contribution in [2.24, 2.45) is 0 Å². The average molecular weight is 291 g/mol. The zero-order valence-corrected chi connectivity index (χ0v) is 12.9. The fourth-order valence-corrected chi connectivity index (χ4v) is 2.76. The number of rotatable bonds is 7. The predicted octanol–water partition coefficient (Wildman–Crippen LogP) is 1.71. The van der Waals surface area contributed by atoms with Crippen LogP contribution in [0.15, 0.2) is 24.3 Å². The van der Waals surface area contributed by atoms with Gasteiger partial charge in [-0.05, 0) is 57.6 Å². The molecule has 0 aromatic heterocycles. The van der Waals surface area contributed by atoms with Gasteiger partial charge in [0, 0.05) is 18.3 Å². The van der Waals surface area contributed by atoms with E-state index in [0.29, 0.717) is 19.2 Å². The summed E-state index contributed by atoms with van der Waals surface area (Å²) in [7, 11) is 1.95. The number of hydrogen-bond acceptors (Lipinski definition) is 4. The van der Waals surface area contributed by atoms with E-state index < -0.39 is 0 Å². The Balaban J connectivity index is 1.83. The Morgan fingerprint density at radius 1 is 1.38 bits per heavy atom. The van der Waals surface area contributed by atoms with Crippen molar-refractivity contribution >= 4 is 11.6 Å². The molecule has 0 saturated carbocycles. The van der Waals surface area contributed by atoms with Crippen LogP contribution in [0.1, 0.15) is 19.8 Å². The molecule has 1 aliphatic heterocycles. The normalized spacial score (nSPS) is 18.7. The third kappa shape index (κ3) is 4.72. The molecule has 1 atom stereocenters. The maximum atomic E-state index is 12.1. The highest BCUT2D eigenvalue weighted by atomic mass is 16.5. The van der Waals surface area contributed by atoms with Gasteiger partial charge < -0.3 is 15.4 Å². The van der Waals surface area contributed by atoms with E-state index in [1.807, 2.05) is 38.2 Å². The summed E-state index contributed by atoms with van der Waals surface area (Å²) in [5.41, 5.74) is 0.813. The van der Waals surface area contributed by atoms with Crippen molar-refractivity contribution in [2.75, 3.05) is 38.6 Å². The van der Waals surface area contributed by atoms with Crippen LogP contribution in [0.4, 0.5) is 5.69 Å². The molecule has 2 N–H and O–H groups in total. The molecule has 0 spiro atoms. The van der Waals surface area contributed by atoms with Crippen LogP contribution < -0.4 is 15.4 Å². The number of likely N-dealkylation sites (tertiary alicyclic amines) is 1. The third-order valence-corrected chi connectivity index (χ3v) is 3.73. The first-order valence-corrected chi connectivity index (χ1v) is 7.64. The number of carbonyl (C=O) groups excluding carboxylic acids is 1. The fourth-order valence-electron chi connectivity index (χ4n) is 2.76. The molecule has 5 heteroatoms. The van der Waals surface area contributed by atoms with Crippen molar-refractivity contribution < 1.29 is 9.53 Å². The Bertz CT molecular complexity index is 447. The second kappa shape index (κ2) is 8.00. The number of anilines is 1. The smallest absolute Gasteiger partial charge is 0.238 e. The van der Waals surface area contributed by atoms with Gasteiger partial charge in [0.25, 0.3) is 0 Å². The first-order valence-electron chi connectivity index (χ1n) is 7.64. The van der Waals surface area contributed by atoms with Gasteiger partial charge in [0.15, 0.2) is 0 Å². The second-order valence-corrected chi connectivity index (χ2v) is 5.33. The molecule has 1 amide bonds. The molecule has 1 heterocycles. The Hall–Kier alpha value is -1.59. The summed E-state index contributed by atoms with van der Waals surface area (Å²) in [5.74, 6) is 0.867. The Kier molecular flexibility index (Phi) is 6.02. The highest BCUT2D eigenvalue weighted by Crippen LogP contribution is 2.18. The van der Waals surface area contributed by atoms with Crippen molar-refractivity contribution in [3.05, 3.63) is 24.3 Å². The predicted molar refractivity (Wildman–Crippen MR) is 84.8 cm³/mol. The molecule has 21 heavy (non-hydrogen) atoms. The molecule has 1 aromatic carbocycles. The number of amides is 1. The summed E-state index contributed by atoms with van der Waals surface area (Å²) < 4.78 is 5.39. The van der Waals surface area contributed by atoms with Gasteiger partial charge in [0.1, 0.15) is 5.75 Å². The minimum absolute atomic E-state index is 0.0437. The van der Waals surface area contributed by atoms with Crippen LogP contribution >= 0.6 is 0 Å². The third-order valence-electron chi connectivity index (χ3n) is 3.73. The van der Waals surface area contributed by atoms with Crippen LogP contribution in [0.5, 0.6) is 5.75 Å². The highest BCUT2D eigenvalue weighted by molar-refractivity contribution is 5.92. The zero-order valence-electron chi connectivity index (χ0n) is 12.9. The Morgan fingerprint density at radius 2 is 2.14 bits per heavy atom. The van der Waals surface area contributed by atoms with Crippen molar-refractivity contribution in [3.63, 3.8) is 0 Å². The number of hydrogen-bond donors (Lipinski definition) is 2. The van der Waals surface area contributed by atoms with Crippen molar-refractivity contribution in [3.8, 4) is 5.75 Å². The maximum Gasteiger partial charge on any atom is 0.238 e. The van der Waals surface area contributed by atoms with Crippen molar-refractivity contribution in [1.82, 2.24) is 10.2 Å². The standard InChI is InChI=1S/C16H25N3O2/c1-3-21-15-8-6-13(7-9-15)18-16(20)12-19-10-4-5-14(19)11-17-2/h6-9,14,17H,3-5,10-12H2,1-2H3,(H,18,20). The molecule has 0 aliphatic carbocycles.